The molecule has 5 heteroatoms. The number of benzene rings is 2. The van der Waals surface area contributed by atoms with Crippen LogP contribution in [-0.4, -0.2) is 32.2 Å². The largest absolute Gasteiger partial charge is 0.497 e. The number of rotatable bonds is 4. The molecule has 0 aromatic heterocycles. The van der Waals surface area contributed by atoms with E-state index in [2.05, 4.69) is 0 Å². The van der Waals surface area contributed by atoms with Crippen molar-refractivity contribution in [3.8, 4) is 11.5 Å². The van der Waals surface area contributed by atoms with Crippen molar-refractivity contribution >= 4 is 0 Å². The van der Waals surface area contributed by atoms with Crippen LogP contribution < -0.4 is 9.47 Å². The lowest BCUT2D eigenvalue weighted by atomic mass is 10.1. The molecular weight excluding hydrogens is 320 g/mol. The number of fused-ring (bicyclic) bond motifs is 1. The Hall–Kier alpha value is -2.34. The van der Waals surface area contributed by atoms with E-state index in [0.717, 1.165) is 17.1 Å². The topological polar surface area (TPSA) is 46.2 Å². The number of hydrogen-bond acceptors (Lipinski definition) is 5. The fraction of sp³-hybridized carbons (Fsp3) is 0.300. The van der Waals surface area contributed by atoms with Crippen LogP contribution in [0.25, 0.3) is 0 Å². The zero-order valence-electron chi connectivity index (χ0n) is 13.9. The molecule has 0 amide bonds. The third-order valence-electron chi connectivity index (χ3n) is 4.21. The Bertz CT molecular complexity index is 713. The summed E-state index contributed by atoms with van der Waals surface area (Å²) in [5.41, 5.74) is 0.954. The van der Waals surface area contributed by atoms with Crippen molar-refractivity contribution in [3.63, 3.8) is 0 Å². The van der Waals surface area contributed by atoms with Gasteiger partial charge in [0.1, 0.15) is 23.7 Å². The first-order valence-corrected chi connectivity index (χ1v) is 8.28. The SMILES string of the molecule is COc1ccc(C2OCC3OC(Oc4ccccc4)C=CC3O2)cc1. The Balaban J connectivity index is 1.40. The summed E-state index contributed by atoms with van der Waals surface area (Å²) in [6.45, 7) is 0.445. The molecule has 4 rings (SSSR count). The van der Waals surface area contributed by atoms with Crippen molar-refractivity contribution in [2.24, 2.45) is 0 Å². The molecule has 5 nitrogen and oxygen atoms in total. The van der Waals surface area contributed by atoms with E-state index in [1.54, 1.807) is 7.11 Å². The second-order valence-corrected chi connectivity index (χ2v) is 5.90. The molecule has 1 fully saturated rings. The van der Waals surface area contributed by atoms with E-state index in [-0.39, 0.29) is 12.2 Å². The van der Waals surface area contributed by atoms with Gasteiger partial charge in [-0.3, -0.25) is 0 Å². The molecule has 0 radical (unpaired) electrons. The maximum absolute atomic E-state index is 6.02. The molecule has 4 unspecified atom stereocenters. The summed E-state index contributed by atoms with van der Waals surface area (Å²) >= 11 is 0. The minimum Gasteiger partial charge on any atom is -0.497 e. The fourth-order valence-electron chi connectivity index (χ4n) is 2.89. The molecule has 2 aliphatic heterocycles. The summed E-state index contributed by atoms with van der Waals surface area (Å²) < 4.78 is 28.8. The van der Waals surface area contributed by atoms with Crippen LogP contribution in [0.1, 0.15) is 11.9 Å². The van der Waals surface area contributed by atoms with Gasteiger partial charge in [-0.05, 0) is 30.3 Å². The van der Waals surface area contributed by atoms with Gasteiger partial charge in [0.25, 0.3) is 0 Å². The third-order valence-corrected chi connectivity index (χ3v) is 4.21. The molecule has 0 N–H and O–H groups in total. The van der Waals surface area contributed by atoms with Crippen LogP contribution in [0.4, 0.5) is 0 Å². The van der Waals surface area contributed by atoms with Crippen LogP contribution in [0.2, 0.25) is 0 Å². The van der Waals surface area contributed by atoms with E-state index >= 15 is 0 Å². The summed E-state index contributed by atoms with van der Waals surface area (Å²) in [6.07, 6.45) is 2.68. The van der Waals surface area contributed by atoms with Gasteiger partial charge in [0.15, 0.2) is 6.29 Å². The second-order valence-electron chi connectivity index (χ2n) is 5.90. The fourth-order valence-corrected chi connectivity index (χ4v) is 2.89. The highest BCUT2D eigenvalue weighted by Crippen LogP contribution is 2.32. The molecule has 1 saturated heterocycles. The van der Waals surface area contributed by atoms with E-state index in [1.807, 2.05) is 66.7 Å². The van der Waals surface area contributed by atoms with E-state index in [1.165, 1.54) is 0 Å². The van der Waals surface area contributed by atoms with Crippen molar-refractivity contribution in [1.29, 1.82) is 0 Å². The number of ether oxygens (including phenoxy) is 5. The monoisotopic (exact) mass is 340 g/mol. The highest BCUT2D eigenvalue weighted by atomic mass is 16.7. The number of para-hydroxylation sites is 1. The van der Waals surface area contributed by atoms with Crippen LogP contribution in [0.5, 0.6) is 11.5 Å². The Labute approximate surface area is 146 Å². The van der Waals surface area contributed by atoms with Gasteiger partial charge in [-0.1, -0.05) is 36.4 Å². The normalized spacial score (nSPS) is 28.2. The maximum atomic E-state index is 6.02. The van der Waals surface area contributed by atoms with E-state index in [0.29, 0.717) is 6.61 Å². The molecule has 0 spiro atoms. The molecule has 130 valence electrons. The first kappa shape index (κ1) is 16.1. The molecular formula is C20H20O5. The average molecular weight is 340 g/mol. The minimum absolute atomic E-state index is 0.156. The van der Waals surface area contributed by atoms with Gasteiger partial charge in [0.2, 0.25) is 6.29 Å². The van der Waals surface area contributed by atoms with Crippen LogP contribution in [0.15, 0.2) is 66.7 Å². The summed E-state index contributed by atoms with van der Waals surface area (Å²) in [5, 5.41) is 0. The zero-order valence-corrected chi connectivity index (χ0v) is 13.9. The third kappa shape index (κ3) is 3.69. The van der Waals surface area contributed by atoms with Gasteiger partial charge < -0.3 is 23.7 Å². The van der Waals surface area contributed by atoms with Gasteiger partial charge in [0.05, 0.1) is 13.7 Å². The van der Waals surface area contributed by atoms with Crippen LogP contribution >= 0.6 is 0 Å². The Morgan fingerprint density at radius 3 is 2.44 bits per heavy atom. The molecule has 2 aromatic carbocycles. The second kappa shape index (κ2) is 7.27. The molecule has 0 bridgehead atoms. The lowest BCUT2D eigenvalue weighted by Gasteiger charge is -2.38. The summed E-state index contributed by atoms with van der Waals surface area (Å²) in [6, 6.07) is 17.3. The molecule has 2 heterocycles. The Morgan fingerprint density at radius 1 is 0.880 bits per heavy atom. The summed E-state index contributed by atoms with van der Waals surface area (Å²) in [5.74, 6) is 1.57. The maximum Gasteiger partial charge on any atom is 0.220 e. The van der Waals surface area contributed by atoms with Gasteiger partial charge >= 0.3 is 0 Å². The lowest BCUT2D eigenvalue weighted by Crippen LogP contribution is -2.46. The quantitative estimate of drug-likeness (QED) is 0.798. The average Bonchev–Trinajstić information content (AvgIpc) is 2.68. The van der Waals surface area contributed by atoms with Crippen LogP contribution in [-0.2, 0) is 14.2 Å². The lowest BCUT2D eigenvalue weighted by molar-refractivity contribution is -0.275. The van der Waals surface area contributed by atoms with Crippen LogP contribution in [0.3, 0.4) is 0 Å². The summed E-state index contributed by atoms with van der Waals surface area (Å²) in [4.78, 5) is 0. The smallest absolute Gasteiger partial charge is 0.220 e. The van der Waals surface area contributed by atoms with Crippen molar-refractivity contribution in [1.82, 2.24) is 0 Å². The Morgan fingerprint density at radius 2 is 1.68 bits per heavy atom. The van der Waals surface area contributed by atoms with Crippen molar-refractivity contribution in [2.75, 3.05) is 13.7 Å². The number of hydrogen-bond donors (Lipinski definition) is 0. The van der Waals surface area contributed by atoms with Gasteiger partial charge in [0, 0.05) is 5.56 Å². The van der Waals surface area contributed by atoms with Gasteiger partial charge in [-0.15, -0.1) is 0 Å². The first-order valence-electron chi connectivity index (χ1n) is 8.28. The van der Waals surface area contributed by atoms with Crippen molar-refractivity contribution in [3.05, 3.63) is 72.3 Å². The van der Waals surface area contributed by atoms with E-state index in [9.17, 15) is 0 Å². The van der Waals surface area contributed by atoms with Gasteiger partial charge in [-0.2, -0.15) is 0 Å². The number of methoxy groups -OCH3 is 1. The highest BCUT2D eigenvalue weighted by molar-refractivity contribution is 5.28. The molecule has 25 heavy (non-hydrogen) atoms. The van der Waals surface area contributed by atoms with Crippen molar-refractivity contribution < 1.29 is 23.7 Å². The molecule has 0 aliphatic carbocycles. The Kier molecular flexibility index (Phi) is 4.70. The molecule has 0 saturated carbocycles. The standard InChI is InChI=1S/C20H20O5/c1-21-15-9-7-14(8-10-15)20-22-13-18-17(25-20)11-12-19(24-18)23-16-5-3-2-4-6-16/h2-12,17-20H,13H2,1H3. The molecule has 2 aromatic rings. The summed E-state index contributed by atoms with van der Waals surface area (Å²) in [7, 11) is 1.64. The highest BCUT2D eigenvalue weighted by Gasteiger charge is 2.36. The van der Waals surface area contributed by atoms with E-state index in [4.69, 9.17) is 23.7 Å². The molecule has 4 atom stereocenters. The van der Waals surface area contributed by atoms with Crippen molar-refractivity contribution in [2.45, 2.75) is 24.8 Å². The first-order chi connectivity index (χ1) is 12.3. The van der Waals surface area contributed by atoms with Crippen LogP contribution in [0, 0.1) is 0 Å². The molecule has 2 aliphatic rings. The van der Waals surface area contributed by atoms with E-state index < -0.39 is 12.6 Å². The van der Waals surface area contributed by atoms with Gasteiger partial charge in [-0.25, -0.2) is 0 Å². The zero-order chi connectivity index (χ0) is 17.1. The predicted octanol–water partition coefficient (Wildman–Crippen LogP) is 3.47. The minimum atomic E-state index is -0.437. The predicted molar refractivity (Wildman–Crippen MR) is 91.4 cm³/mol.